The minimum atomic E-state index is -0.216. The molecule has 2 rings (SSSR count). The zero-order chi connectivity index (χ0) is 17.9. The van der Waals surface area contributed by atoms with E-state index in [0.29, 0.717) is 24.5 Å². The van der Waals surface area contributed by atoms with Gasteiger partial charge < -0.3 is 15.2 Å². The Kier molecular flexibility index (Phi) is 5.62. The molecule has 0 aliphatic carbocycles. The molecule has 0 fully saturated rings. The average molecular weight is 331 g/mol. The van der Waals surface area contributed by atoms with E-state index in [1.54, 1.807) is 14.2 Å². The van der Waals surface area contributed by atoms with Crippen LogP contribution >= 0.6 is 0 Å². The standard InChI is InChI=1S/C18H25N3O3/c1-11(8-14-6-7-16(23-4)17(9-14)24-5)18(22)21-13(3)15(10-19)12(2)20-21/h6-7,9,11H,8,10,19H2,1-5H3. The first-order valence-electron chi connectivity index (χ1n) is 7.93. The molecule has 0 saturated carbocycles. The monoisotopic (exact) mass is 331 g/mol. The summed E-state index contributed by atoms with van der Waals surface area (Å²) in [6.45, 7) is 6.04. The number of methoxy groups -OCH3 is 2. The molecule has 6 nitrogen and oxygen atoms in total. The lowest BCUT2D eigenvalue weighted by Crippen LogP contribution is -2.23. The molecule has 0 aliphatic rings. The second-order valence-corrected chi connectivity index (χ2v) is 5.90. The largest absolute Gasteiger partial charge is 0.493 e. The first-order chi connectivity index (χ1) is 11.4. The summed E-state index contributed by atoms with van der Waals surface area (Å²) in [5, 5.41) is 4.35. The molecule has 2 aromatic rings. The van der Waals surface area contributed by atoms with Crippen LogP contribution in [0.2, 0.25) is 0 Å². The lowest BCUT2D eigenvalue weighted by molar-refractivity contribution is 0.0824. The normalized spacial score (nSPS) is 12.1. The van der Waals surface area contributed by atoms with Crippen molar-refractivity contribution in [2.45, 2.75) is 33.7 Å². The van der Waals surface area contributed by atoms with Gasteiger partial charge in [0.1, 0.15) is 0 Å². The van der Waals surface area contributed by atoms with E-state index < -0.39 is 0 Å². The van der Waals surface area contributed by atoms with Gasteiger partial charge in [0, 0.05) is 23.7 Å². The summed E-state index contributed by atoms with van der Waals surface area (Å²) in [4.78, 5) is 12.7. The molecular formula is C18H25N3O3. The van der Waals surface area contributed by atoms with Gasteiger partial charge in [0.2, 0.25) is 5.91 Å². The Labute approximate surface area is 142 Å². The maximum absolute atomic E-state index is 12.7. The summed E-state index contributed by atoms with van der Waals surface area (Å²) in [6, 6.07) is 5.69. The van der Waals surface area contributed by atoms with E-state index in [9.17, 15) is 4.79 Å². The average Bonchev–Trinajstić information content (AvgIpc) is 2.87. The smallest absolute Gasteiger partial charge is 0.250 e. The van der Waals surface area contributed by atoms with Gasteiger partial charge in [-0.05, 0) is 38.0 Å². The predicted molar refractivity (Wildman–Crippen MR) is 92.6 cm³/mol. The fourth-order valence-electron chi connectivity index (χ4n) is 2.84. The second-order valence-electron chi connectivity index (χ2n) is 5.90. The van der Waals surface area contributed by atoms with Crippen molar-refractivity contribution < 1.29 is 14.3 Å². The van der Waals surface area contributed by atoms with Crippen molar-refractivity contribution in [3.63, 3.8) is 0 Å². The zero-order valence-electron chi connectivity index (χ0n) is 14.9. The Morgan fingerprint density at radius 2 is 1.92 bits per heavy atom. The topological polar surface area (TPSA) is 79.4 Å². The quantitative estimate of drug-likeness (QED) is 0.880. The van der Waals surface area contributed by atoms with Gasteiger partial charge in [-0.2, -0.15) is 5.10 Å². The minimum absolute atomic E-state index is 0.0370. The van der Waals surface area contributed by atoms with E-state index in [2.05, 4.69) is 5.10 Å². The van der Waals surface area contributed by atoms with Crippen molar-refractivity contribution in [1.29, 1.82) is 0 Å². The molecule has 6 heteroatoms. The predicted octanol–water partition coefficient (Wildman–Crippen LogP) is 2.49. The van der Waals surface area contributed by atoms with Gasteiger partial charge in [-0.25, -0.2) is 4.68 Å². The van der Waals surface area contributed by atoms with Gasteiger partial charge in [-0.3, -0.25) is 4.79 Å². The highest BCUT2D eigenvalue weighted by Crippen LogP contribution is 2.28. The molecule has 2 N–H and O–H groups in total. The highest BCUT2D eigenvalue weighted by molar-refractivity contribution is 5.81. The van der Waals surface area contributed by atoms with E-state index in [1.165, 1.54) is 4.68 Å². The molecule has 0 saturated heterocycles. The molecule has 0 bridgehead atoms. The Balaban J connectivity index is 2.20. The number of hydrogen-bond acceptors (Lipinski definition) is 5. The molecule has 0 amide bonds. The molecular weight excluding hydrogens is 306 g/mol. The summed E-state index contributed by atoms with van der Waals surface area (Å²) < 4.78 is 12.0. The van der Waals surface area contributed by atoms with Crippen molar-refractivity contribution in [2.24, 2.45) is 11.7 Å². The molecule has 1 aromatic carbocycles. The summed E-state index contributed by atoms with van der Waals surface area (Å²) >= 11 is 0. The SMILES string of the molecule is COc1ccc(CC(C)C(=O)n2nc(C)c(CN)c2C)cc1OC. The van der Waals surface area contributed by atoms with Crippen molar-refractivity contribution in [2.75, 3.05) is 14.2 Å². The van der Waals surface area contributed by atoms with Crippen LogP contribution in [-0.4, -0.2) is 29.9 Å². The van der Waals surface area contributed by atoms with Gasteiger partial charge in [0.15, 0.2) is 11.5 Å². The van der Waals surface area contributed by atoms with Crippen molar-refractivity contribution in [3.8, 4) is 11.5 Å². The number of aromatic nitrogens is 2. The molecule has 1 unspecified atom stereocenters. The van der Waals surface area contributed by atoms with Gasteiger partial charge >= 0.3 is 0 Å². The third-order valence-corrected chi connectivity index (χ3v) is 4.27. The minimum Gasteiger partial charge on any atom is -0.493 e. The Hall–Kier alpha value is -2.34. The van der Waals surface area contributed by atoms with Crippen LogP contribution in [0.5, 0.6) is 11.5 Å². The number of ether oxygens (including phenoxy) is 2. The molecule has 24 heavy (non-hydrogen) atoms. The summed E-state index contributed by atoms with van der Waals surface area (Å²) in [6.07, 6.45) is 0.593. The maximum atomic E-state index is 12.7. The number of carbonyl (C=O) groups excluding carboxylic acids is 1. The highest BCUT2D eigenvalue weighted by atomic mass is 16.5. The number of nitrogens with zero attached hydrogens (tertiary/aromatic N) is 2. The summed E-state index contributed by atoms with van der Waals surface area (Å²) in [7, 11) is 3.20. The molecule has 0 aliphatic heterocycles. The van der Waals surface area contributed by atoms with Crippen LogP contribution in [0.25, 0.3) is 0 Å². The third-order valence-electron chi connectivity index (χ3n) is 4.27. The van der Waals surface area contributed by atoms with E-state index >= 15 is 0 Å². The number of carbonyl (C=O) groups is 1. The Morgan fingerprint density at radius 3 is 2.46 bits per heavy atom. The fraction of sp³-hybridized carbons (Fsp3) is 0.444. The molecule has 130 valence electrons. The molecule has 0 radical (unpaired) electrons. The molecule has 0 spiro atoms. The van der Waals surface area contributed by atoms with Crippen molar-refractivity contribution in [3.05, 3.63) is 40.7 Å². The van der Waals surface area contributed by atoms with Crippen LogP contribution in [0.3, 0.4) is 0 Å². The Bertz CT molecular complexity index is 737. The number of aryl methyl sites for hydroxylation is 1. The van der Waals surface area contributed by atoms with Gasteiger partial charge in [0.25, 0.3) is 0 Å². The van der Waals surface area contributed by atoms with E-state index in [0.717, 1.165) is 22.5 Å². The fourth-order valence-corrected chi connectivity index (χ4v) is 2.84. The number of benzene rings is 1. The van der Waals surface area contributed by atoms with Crippen molar-refractivity contribution >= 4 is 5.91 Å². The molecule has 1 aromatic heterocycles. The molecule has 1 heterocycles. The van der Waals surface area contributed by atoms with E-state index in [-0.39, 0.29) is 11.8 Å². The van der Waals surface area contributed by atoms with Crippen LogP contribution in [-0.2, 0) is 13.0 Å². The summed E-state index contributed by atoms with van der Waals surface area (Å²) in [5.74, 6) is 1.08. The first-order valence-corrected chi connectivity index (χ1v) is 7.93. The highest BCUT2D eigenvalue weighted by Gasteiger charge is 2.21. The number of hydrogen-bond donors (Lipinski definition) is 1. The van der Waals surface area contributed by atoms with E-state index in [1.807, 2.05) is 39.0 Å². The van der Waals surface area contributed by atoms with Crippen LogP contribution in [0.4, 0.5) is 0 Å². The van der Waals surface area contributed by atoms with Crippen LogP contribution in [0, 0.1) is 19.8 Å². The van der Waals surface area contributed by atoms with Crippen LogP contribution in [0.15, 0.2) is 18.2 Å². The Morgan fingerprint density at radius 1 is 1.25 bits per heavy atom. The van der Waals surface area contributed by atoms with Crippen LogP contribution < -0.4 is 15.2 Å². The lowest BCUT2D eigenvalue weighted by Gasteiger charge is -2.14. The second kappa shape index (κ2) is 7.49. The van der Waals surface area contributed by atoms with Gasteiger partial charge in [-0.15, -0.1) is 0 Å². The molecule has 1 atom stereocenters. The zero-order valence-corrected chi connectivity index (χ0v) is 14.9. The van der Waals surface area contributed by atoms with Crippen LogP contribution in [0.1, 0.15) is 34.2 Å². The lowest BCUT2D eigenvalue weighted by atomic mass is 10.00. The van der Waals surface area contributed by atoms with Crippen molar-refractivity contribution in [1.82, 2.24) is 9.78 Å². The van der Waals surface area contributed by atoms with Gasteiger partial charge in [-0.1, -0.05) is 13.0 Å². The van der Waals surface area contributed by atoms with E-state index in [4.69, 9.17) is 15.2 Å². The number of nitrogens with two attached hydrogens (primary N) is 1. The summed E-state index contributed by atoms with van der Waals surface area (Å²) in [5.41, 5.74) is 9.30. The van der Waals surface area contributed by atoms with Gasteiger partial charge in [0.05, 0.1) is 19.9 Å². The third kappa shape index (κ3) is 3.43. The maximum Gasteiger partial charge on any atom is 0.250 e. The number of rotatable bonds is 6. The first kappa shape index (κ1) is 18.0.